The molecule has 120 valence electrons. The van der Waals surface area contributed by atoms with Crippen LogP contribution in [0.2, 0.25) is 0 Å². The van der Waals surface area contributed by atoms with Crippen LogP contribution in [-0.2, 0) is 11.2 Å². The first-order valence-electron chi connectivity index (χ1n) is 7.46. The van der Waals surface area contributed by atoms with Gasteiger partial charge in [-0.2, -0.15) is 0 Å². The lowest BCUT2D eigenvalue weighted by Crippen LogP contribution is -2.30. The number of carbonyl (C=O) groups excluding carboxylic acids is 2. The third-order valence-electron chi connectivity index (χ3n) is 3.44. The van der Waals surface area contributed by atoms with Crippen LogP contribution in [0.4, 0.5) is 5.69 Å². The molecular formula is C18H20N2O3. The summed E-state index contributed by atoms with van der Waals surface area (Å²) in [5.41, 5.74) is 7.12. The van der Waals surface area contributed by atoms with Gasteiger partial charge in [-0.15, -0.1) is 0 Å². The molecule has 0 fully saturated rings. The van der Waals surface area contributed by atoms with Crippen molar-refractivity contribution in [3.05, 3.63) is 59.7 Å². The third kappa shape index (κ3) is 4.32. The predicted octanol–water partition coefficient (Wildman–Crippen LogP) is 2.75. The fraction of sp³-hybridized carbons (Fsp3) is 0.222. The monoisotopic (exact) mass is 312 g/mol. The molecule has 0 radical (unpaired) electrons. The summed E-state index contributed by atoms with van der Waals surface area (Å²) in [6.45, 7) is 3.71. The van der Waals surface area contributed by atoms with Crippen LogP contribution >= 0.6 is 0 Å². The van der Waals surface area contributed by atoms with Crippen molar-refractivity contribution in [3.63, 3.8) is 0 Å². The number of carbonyl (C=O) groups is 2. The Labute approximate surface area is 135 Å². The van der Waals surface area contributed by atoms with E-state index >= 15 is 0 Å². The fourth-order valence-electron chi connectivity index (χ4n) is 2.15. The fourth-order valence-corrected chi connectivity index (χ4v) is 2.15. The molecule has 0 aromatic heterocycles. The summed E-state index contributed by atoms with van der Waals surface area (Å²) in [6, 6.07) is 14.1. The number of nitrogens with two attached hydrogens (primary N) is 1. The van der Waals surface area contributed by atoms with Gasteiger partial charge in [-0.25, -0.2) is 0 Å². The van der Waals surface area contributed by atoms with Gasteiger partial charge in [0.1, 0.15) is 5.75 Å². The summed E-state index contributed by atoms with van der Waals surface area (Å²) in [5, 5.41) is 2.72. The van der Waals surface area contributed by atoms with E-state index in [0.29, 0.717) is 17.0 Å². The van der Waals surface area contributed by atoms with E-state index in [1.54, 1.807) is 25.1 Å². The highest BCUT2D eigenvalue weighted by molar-refractivity contribution is 5.97. The largest absolute Gasteiger partial charge is 0.481 e. The molecule has 3 N–H and O–H groups in total. The molecule has 0 saturated carbocycles. The molecule has 2 amide bonds. The minimum absolute atomic E-state index is 0.294. The van der Waals surface area contributed by atoms with E-state index in [1.807, 2.05) is 31.2 Å². The number of hydrogen-bond donors (Lipinski definition) is 2. The van der Waals surface area contributed by atoms with E-state index in [4.69, 9.17) is 10.5 Å². The molecule has 5 heteroatoms. The molecular weight excluding hydrogens is 292 g/mol. The van der Waals surface area contributed by atoms with Crippen LogP contribution in [0.25, 0.3) is 0 Å². The van der Waals surface area contributed by atoms with Gasteiger partial charge >= 0.3 is 0 Å². The molecule has 0 aliphatic carbocycles. The highest BCUT2D eigenvalue weighted by Gasteiger charge is 2.16. The molecule has 0 heterocycles. The van der Waals surface area contributed by atoms with Crippen molar-refractivity contribution in [1.82, 2.24) is 0 Å². The number of aryl methyl sites for hydroxylation is 1. The first-order chi connectivity index (χ1) is 11.0. The zero-order chi connectivity index (χ0) is 16.8. The molecule has 0 aliphatic rings. The highest BCUT2D eigenvalue weighted by atomic mass is 16.5. The molecule has 0 unspecified atom stereocenters. The van der Waals surface area contributed by atoms with Crippen LogP contribution in [0.5, 0.6) is 5.75 Å². The number of anilines is 1. The summed E-state index contributed by atoms with van der Waals surface area (Å²) in [5.74, 6) is -0.136. The maximum absolute atomic E-state index is 12.2. The van der Waals surface area contributed by atoms with Crippen LogP contribution in [0.1, 0.15) is 29.8 Å². The Morgan fingerprint density at radius 3 is 2.61 bits per heavy atom. The van der Waals surface area contributed by atoms with Gasteiger partial charge in [-0.05, 0) is 43.2 Å². The van der Waals surface area contributed by atoms with E-state index < -0.39 is 12.0 Å². The predicted molar refractivity (Wildman–Crippen MR) is 89.5 cm³/mol. The SMILES string of the molecule is CCc1ccccc1O[C@@H](C)C(=O)Nc1cccc(C(N)=O)c1. The van der Waals surface area contributed by atoms with Gasteiger partial charge in [0.05, 0.1) is 0 Å². The minimum atomic E-state index is -0.667. The van der Waals surface area contributed by atoms with Gasteiger partial charge in [0.15, 0.2) is 6.10 Å². The van der Waals surface area contributed by atoms with E-state index in [2.05, 4.69) is 5.32 Å². The van der Waals surface area contributed by atoms with E-state index in [0.717, 1.165) is 12.0 Å². The van der Waals surface area contributed by atoms with Crippen molar-refractivity contribution in [3.8, 4) is 5.75 Å². The van der Waals surface area contributed by atoms with Gasteiger partial charge in [0.2, 0.25) is 5.91 Å². The van der Waals surface area contributed by atoms with E-state index in [1.165, 1.54) is 6.07 Å². The first kappa shape index (κ1) is 16.5. The number of amides is 2. The van der Waals surface area contributed by atoms with Crippen molar-refractivity contribution in [1.29, 1.82) is 0 Å². The average molecular weight is 312 g/mol. The van der Waals surface area contributed by atoms with E-state index in [-0.39, 0.29) is 5.91 Å². The number of nitrogens with one attached hydrogen (secondary N) is 1. The lowest BCUT2D eigenvalue weighted by molar-refractivity contribution is -0.122. The van der Waals surface area contributed by atoms with Gasteiger partial charge in [-0.1, -0.05) is 31.2 Å². The molecule has 2 aromatic rings. The quantitative estimate of drug-likeness (QED) is 0.860. The van der Waals surface area contributed by atoms with Gasteiger partial charge in [-0.3, -0.25) is 9.59 Å². The number of ether oxygens (including phenoxy) is 1. The molecule has 0 saturated heterocycles. The second-order valence-electron chi connectivity index (χ2n) is 5.16. The van der Waals surface area contributed by atoms with Crippen LogP contribution in [0.15, 0.2) is 48.5 Å². The lowest BCUT2D eigenvalue weighted by Gasteiger charge is -2.17. The van der Waals surface area contributed by atoms with Crippen molar-refractivity contribution >= 4 is 17.5 Å². The van der Waals surface area contributed by atoms with Crippen molar-refractivity contribution in [2.75, 3.05) is 5.32 Å². The Hall–Kier alpha value is -2.82. The summed E-state index contributed by atoms with van der Waals surface area (Å²) in [7, 11) is 0. The molecule has 0 bridgehead atoms. The number of benzene rings is 2. The Morgan fingerprint density at radius 1 is 1.17 bits per heavy atom. The Balaban J connectivity index is 2.05. The second-order valence-corrected chi connectivity index (χ2v) is 5.16. The molecule has 0 aliphatic heterocycles. The number of rotatable bonds is 6. The number of hydrogen-bond acceptors (Lipinski definition) is 3. The van der Waals surface area contributed by atoms with Crippen LogP contribution < -0.4 is 15.8 Å². The smallest absolute Gasteiger partial charge is 0.265 e. The minimum Gasteiger partial charge on any atom is -0.481 e. The molecule has 1 atom stereocenters. The highest BCUT2D eigenvalue weighted by Crippen LogP contribution is 2.20. The normalized spacial score (nSPS) is 11.6. The maximum atomic E-state index is 12.2. The van der Waals surface area contributed by atoms with E-state index in [9.17, 15) is 9.59 Å². The summed E-state index contributed by atoms with van der Waals surface area (Å²) >= 11 is 0. The molecule has 2 aromatic carbocycles. The van der Waals surface area contributed by atoms with Crippen LogP contribution in [0.3, 0.4) is 0 Å². The summed E-state index contributed by atoms with van der Waals surface area (Å²) in [6.07, 6.45) is 0.158. The molecule has 23 heavy (non-hydrogen) atoms. The number of primary amides is 1. The third-order valence-corrected chi connectivity index (χ3v) is 3.44. The zero-order valence-corrected chi connectivity index (χ0v) is 13.2. The molecule has 0 spiro atoms. The molecule has 5 nitrogen and oxygen atoms in total. The van der Waals surface area contributed by atoms with Gasteiger partial charge in [0.25, 0.3) is 5.91 Å². The van der Waals surface area contributed by atoms with Crippen molar-refractivity contribution in [2.45, 2.75) is 26.4 Å². The number of para-hydroxylation sites is 1. The van der Waals surface area contributed by atoms with Crippen LogP contribution in [0, 0.1) is 0 Å². The topological polar surface area (TPSA) is 81.4 Å². The summed E-state index contributed by atoms with van der Waals surface area (Å²) in [4.78, 5) is 23.4. The maximum Gasteiger partial charge on any atom is 0.265 e. The average Bonchev–Trinajstić information content (AvgIpc) is 2.55. The van der Waals surface area contributed by atoms with Crippen LogP contribution in [-0.4, -0.2) is 17.9 Å². The Bertz CT molecular complexity index is 713. The standard InChI is InChI=1S/C18H20N2O3/c1-3-13-7-4-5-10-16(13)23-12(2)18(22)20-15-9-6-8-14(11-15)17(19)21/h4-12H,3H2,1-2H3,(H2,19,21)(H,20,22)/t12-/m0/s1. The lowest BCUT2D eigenvalue weighted by atomic mass is 10.1. The zero-order valence-electron chi connectivity index (χ0n) is 13.2. The first-order valence-corrected chi connectivity index (χ1v) is 7.46. The van der Waals surface area contributed by atoms with Crippen molar-refractivity contribution < 1.29 is 14.3 Å². The second kappa shape index (κ2) is 7.45. The molecule has 2 rings (SSSR count). The summed E-state index contributed by atoms with van der Waals surface area (Å²) < 4.78 is 5.74. The van der Waals surface area contributed by atoms with Crippen molar-refractivity contribution in [2.24, 2.45) is 5.73 Å². The van der Waals surface area contributed by atoms with Gasteiger partial charge < -0.3 is 15.8 Å². The Kier molecular flexibility index (Phi) is 5.36. The Morgan fingerprint density at radius 2 is 1.91 bits per heavy atom. The van der Waals surface area contributed by atoms with Gasteiger partial charge in [0, 0.05) is 11.3 Å².